The van der Waals surface area contributed by atoms with Crippen molar-refractivity contribution in [2.75, 3.05) is 46.4 Å². The van der Waals surface area contributed by atoms with Crippen LogP contribution in [0.4, 0.5) is 0 Å². The van der Waals surface area contributed by atoms with Crippen LogP contribution in [0.2, 0.25) is 0 Å². The maximum atomic E-state index is 8.95. The Balaban J connectivity index is 1.91. The Morgan fingerprint density at radius 3 is 2.32 bits per heavy atom. The van der Waals surface area contributed by atoms with Crippen LogP contribution >= 0.6 is 0 Å². The molecule has 0 aromatic heterocycles. The van der Waals surface area contributed by atoms with Gasteiger partial charge in [-0.15, -0.1) is 0 Å². The Bertz CT molecular complexity index is 372. The number of ether oxygens (including phenoxy) is 1. The summed E-state index contributed by atoms with van der Waals surface area (Å²) in [7, 11) is 1.69. The number of methoxy groups -OCH3 is 1. The summed E-state index contributed by atoms with van der Waals surface area (Å²) in [4.78, 5) is 4.81. The van der Waals surface area contributed by atoms with E-state index in [1.807, 2.05) is 12.1 Å². The minimum absolute atomic E-state index is 0.258. The second-order valence-corrected chi connectivity index (χ2v) is 5.05. The molecule has 1 unspecified atom stereocenters. The lowest BCUT2D eigenvalue weighted by molar-refractivity contribution is 0.0888. The van der Waals surface area contributed by atoms with Gasteiger partial charge in [0.1, 0.15) is 5.75 Å². The number of aliphatic hydroxyl groups excluding tert-OH is 1. The number of rotatable bonds is 5. The van der Waals surface area contributed by atoms with E-state index in [1.54, 1.807) is 7.11 Å². The number of nitrogens with zero attached hydrogens (tertiary/aromatic N) is 2. The van der Waals surface area contributed by atoms with Crippen molar-refractivity contribution < 1.29 is 9.84 Å². The lowest BCUT2D eigenvalue weighted by atomic mass is 10.1. The average molecular weight is 264 g/mol. The van der Waals surface area contributed by atoms with Gasteiger partial charge in [-0.3, -0.25) is 9.80 Å². The molecule has 1 heterocycles. The predicted molar refractivity (Wildman–Crippen MR) is 76.5 cm³/mol. The molecule has 106 valence electrons. The van der Waals surface area contributed by atoms with Crippen LogP contribution in [0, 0.1) is 0 Å². The molecule has 1 saturated heterocycles. The molecule has 1 N–H and O–H groups in total. The highest BCUT2D eigenvalue weighted by Gasteiger charge is 2.21. The minimum Gasteiger partial charge on any atom is -0.497 e. The summed E-state index contributed by atoms with van der Waals surface area (Å²) >= 11 is 0. The summed E-state index contributed by atoms with van der Waals surface area (Å²) in [5.74, 6) is 0.906. The highest BCUT2D eigenvalue weighted by atomic mass is 16.5. The van der Waals surface area contributed by atoms with Gasteiger partial charge in [0.2, 0.25) is 0 Å². The SMILES string of the molecule is COc1ccc(C(C)N2CCN(CCO)CC2)cc1. The van der Waals surface area contributed by atoms with Gasteiger partial charge in [0, 0.05) is 38.8 Å². The van der Waals surface area contributed by atoms with Gasteiger partial charge in [-0.2, -0.15) is 0 Å². The summed E-state index contributed by atoms with van der Waals surface area (Å²) < 4.78 is 5.19. The molecule has 4 heteroatoms. The number of hydrogen-bond acceptors (Lipinski definition) is 4. The molecule has 2 rings (SSSR count). The van der Waals surface area contributed by atoms with E-state index in [2.05, 4.69) is 28.9 Å². The van der Waals surface area contributed by atoms with E-state index in [9.17, 15) is 0 Å². The zero-order chi connectivity index (χ0) is 13.7. The number of benzene rings is 1. The summed E-state index contributed by atoms with van der Waals surface area (Å²) in [6.07, 6.45) is 0. The lowest BCUT2D eigenvalue weighted by Gasteiger charge is -2.38. The standard InChI is InChI=1S/C15H24N2O2/c1-13(14-3-5-15(19-2)6-4-14)17-9-7-16(8-10-17)11-12-18/h3-6,13,18H,7-12H2,1-2H3. The van der Waals surface area contributed by atoms with Crippen molar-refractivity contribution in [3.05, 3.63) is 29.8 Å². The van der Waals surface area contributed by atoms with Crippen LogP contribution in [0.15, 0.2) is 24.3 Å². The van der Waals surface area contributed by atoms with Crippen LogP contribution in [-0.2, 0) is 0 Å². The van der Waals surface area contributed by atoms with E-state index < -0.39 is 0 Å². The van der Waals surface area contributed by atoms with Gasteiger partial charge in [0.05, 0.1) is 13.7 Å². The molecule has 0 bridgehead atoms. The largest absolute Gasteiger partial charge is 0.497 e. The molecule has 1 fully saturated rings. The first-order valence-corrected chi connectivity index (χ1v) is 6.96. The summed E-state index contributed by atoms with van der Waals surface area (Å²) in [6, 6.07) is 8.76. The maximum absolute atomic E-state index is 8.95. The van der Waals surface area contributed by atoms with Crippen LogP contribution in [0.3, 0.4) is 0 Å². The van der Waals surface area contributed by atoms with Crippen LogP contribution < -0.4 is 4.74 Å². The maximum Gasteiger partial charge on any atom is 0.118 e. The molecule has 0 radical (unpaired) electrons. The normalized spacial score (nSPS) is 19.3. The Kier molecular flexibility index (Phi) is 5.19. The first-order valence-electron chi connectivity index (χ1n) is 6.96. The number of piperazine rings is 1. The van der Waals surface area contributed by atoms with Crippen molar-refractivity contribution >= 4 is 0 Å². The van der Waals surface area contributed by atoms with E-state index in [0.717, 1.165) is 38.5 Å². The Morgan fingerprint density at radius 2 is 1.79 bits per heavy atom. The van der Waals surface area contributed by atoms with Gasteiger partial charge in [0.25, 0.3) is 0 Å². The summed E-state index contributed by atoms with van der Waals surface area (Å²) in [6.45, 7) is 7.52. The fourth-order valence-electron chi connectivity index (χ4n) is 2.61. The summed E-state index contributed by atoms with van der Waals surface area (Å²) in [5, 5.41) is 8.95. The van der Waals surface area contributed by atoms with Crippen molar-refractivity contribution in [3.8, 4) is 5.75 Å². The van der Waals surface area contributed by atoms with Gasteiger partial charge in [-0.05, 0) is 24.6 Å². The number of hydrogen-bond donors (Lipinski definition) is 1. The van der Waals surface area contributed by atoms with Gasteiger partial charge in [-0.25, -0.2) is 0 Å². The third-order valence-corrected chi connectivity index (χ3v) is 3.97. The second kappa shape index (κ2) is 6.89. The molecule has 0 aliphatic carbocycles. The molecule has 19 heavy (non-hydrogen) atoms. The fraction of sp³-hybridized carbons (Fsp3) is 0.600. The number of β-amino-alcohol motifs (C(OH)–C–C–N with tert-alkyl or cyclic N) is 1. The molecule has 1 aliphatic rings. The molecule has 0 amide bonds. The van der Waals surface area contributed by atoms with Crippen molar-refractivity contribution in [3.63, 3.8) is 0 Å². The van der Waals surface area contributed by atoms with E-state index in [0.29, 0.717) is 6.04 Å². The van der Waals surface area contributed by atoms with Gasteiger partial charge >= 0.3 is 0 Å². The fourth-order valence-corrected chi connectivity index (χ4v) is 2.61. The van der Waals surface area contributed by atoms with Crippen LogP contribution in [0.25, 0.3) is 0 Å². The Labute approximate surface area is 115 Å². The molecular formula is C15H24N2O2. The van der Waals surface area contributed by atoms with Gasteiger partial charge in [0.15, 0.2) is 0 Å². The van der Waals surface area contributed by atoms with Crippen LogP contribution in [0.5, 0.6) is 5.75 Å². The minimum atomic E-state index is 0.258. The third kappa shape index (κ3) is 3.69. The van der Waals surface area contributed by atoms with Crippen molar-refractivity contribution in [1.82, 2.24) is 9.80 Å². The molecule has 1 atom stereocenters. The zero-order valence-corrected chi connectivity index (χ0v) is 11.9. The highest BCUT2D eigenvalue weighted by Crippen LogP contribution is 2.23. The van der Waals surface area contributed by atoms with Gasteiger partial charge in [-0.1, -0.05) is 12.1 Å². The highest BCUT2D eigenvalue weighted by molar-refractivity contribution is 5.28. The first-order chi connectivity index (χ1) is 9.24. The van der Waals surface area contributed by atoms with Crippen molar-refractivity contribution in [1.29, 1.82) is 0 Å². The first kappa shape index (κ1) is 14.3. The van der Waals surface area contributed by atoms with Crippen LogP contribution in [-0.4, -0.2) is 61.3 Å². The van der Waals surface area contributed by atoms with Crippen molar-refractivity contribution in [2.24, 2.45) is 0 Å². The van der Waals surface area contributed by atoms with E-state index in [-0.39, 0.29) is 6.61 Å². The monoisotopic (exact) mass is 264 g/mol. The summed E-state index contributed by atoms with van der Waals surface area (Å²) in [5.41, 5.74) is 1.33. The Morgan fingerprint density at radius 1 is 1.16 bits per heavy atom. The predicted octanol–water partition coefficient (Wildman–Crippen LogP) is 1.37. The van der Waals surface area contributed by atoms with E-state index >= 15 is 0 Å². The molecule has 0 spiro atoms. The van der Waals surface area contributed by atoms with E-state index in [1.165, 1.54) is 5.56 Å². The van der Waals surface area contributed by atoms with E-state index in [4.69, 9.17) is 9.84 Å². The topological polar surface area (TPSA) is 35.9 Å². The number of aliphatic hydroxyl groups is 1. The quantitative estimate of drug-likeness (QED) is 0.871. The second-order valence-electron chi connectivity index (χ2n) is 5.05. The smallest absolute Gasteiger partial charge is 0.118 e. The van der Waals surface area contributed by atoms with Crippen molar-refractivity contribution in [2.45, 2.75) is 13.0 Å². The van der Waals surface area contributed by atoms with Gasteiger partial charge < -0.3 is 9.84 Å². The average Bonchev–Trinajstić information content (AvgIpc) is 2.48. The lowest BCUT2D eigenvalue weighted by Crippen LogP contribution is -2.47. The molecular weight excluding hydrogens is 240 g/mol. The zero-order valence-electron chi connectivity index (χ0n) is 11.9. The molecule has 4 nitrogen and oxygen atoms in total. The molecule has 0 saturated carbocycles. The molecule has 1 aliphatic heterocycles. The van der Waals surface area contributed by atoms with Crippen LogP contribution in [0.1, 0.15) is 18.5 Å². The third-order valence-electron chi connectivity index (χ3n) is 3.97. The molecule has 1 aromatic rings. The Hall–Kier alpha value is -1.10. The molecule has 1 aromatic carbocycles.